The summed E-state index contributed by atoms with van der Waals surface area (Å²) < 4.78 is 39.4. The van der Waals surface area contributed by atoms with Crippen molar-refractivity contribution < 1.29 is 18.3 Å². The molecule has 0 aromatic heterocycles. The highest BCUT2D eigenvalue weighted by atomic mass is 19.2. The van der Waals surface area contributed by atoms with Crippen molar-refractivity contribution in [2.75, 3.05) is 13.2 Å². The summed E-state index contributed by atoms with van der Waals surface area (Å²) in [5.74, 6) is 3.01. The Hall–Kier alpha value is -1.58. The molecule has 0 N–H and O–H groups in total. The predicted molar refractivity (Wildman–Crippen MR) is 134 cm³/mol. The Morgan fingerprint density at radius 2 is 1.32 bits per heavy atom. The molecule has 4 heteroatoms. The van der Waals surface area contributed by atoms with Gasteiger partial charge >= 0.3 is 0 Å². The highest BCUT2D eigenvalue weighted by Gasteiger charge is 2.39. The lowest BCUT2D eigenvalue weighted by atomic mass is 9.61. The molecule has 1 aromatic rings. The van der Waals surface area contributed by atoms with Gasteiger partial charge in [0.2, 0.25) is 11.6 Å². The highest BCUT2D eigenvalue weighted by molar-refractivity contribution is 5.35. The molecule has 4 atom stereocenters. The number of benzene rings is 1. The number of halogens is 2. The van der Waals surface area contributed by atoms with Gasteiger partial charge in [0.05, 0.1) is 13.2 Å². The fourth-order valence-corrected chi connectivity index (χ4v) is 7.15. The van der Waals surface area contributed by atoms with E-state index >= 15 is 0 Å². The van der Waals surface area contributed by atoms with Crippen LogP contribution < -0.4 is 9.47 Å². The normalized spacial score (nSPS) is 31.9. The SMILES string of the molecule is CC=CCCC1CCC(C2CCC3CC(COc4ccc(OCC)c(F)c4F)CCC3C2)CC1. The molecule has 0 aliphatic heterocycles. The lowest BCUT2D eigenvalue weighted by Gasteiger charge is -2.45. The van der Waals surface area contributed by atoms with E-state index in [-0.39, 0.29) is 11.5 Å². The van der Waals surface area contributed by atoms with E-state index in [0.29, 0.717) is 19.1 Å². The highest BCUT2D eigenvalue weighted by Crippen LogP contribution is 2.49. The van der Waals surface area contributed by atoms with E-state index in [0.717, 1.165) is 36.0 Å². The molecule has 3 aliphatic carbocycles. The minimum Gasteiger partial charge on any atom is -0.491 e. The Morgan fingerprint density at radius 1 is 0.765 bits per heavy atom. The minimum absolute atomic E-state index is 0.00750. The lowest BCUT2D eigenvalue weighted by Crippen LogP contribution is -2.35. The Bertz CT molecular complexity index is 799. The lowest BCUT2D eigenvalue weighted by molar-refractivity contribution is 0.0479. The van der Waals surface area contributed by atoms with Crippen LogP contribution in [0.3, 0.4) is 0 Å². The van der Waals surface area contributed by atoms with Crippen molar-refractivity contribution in [3.05, 3.63) is 35.9 Å². The second-order valence-corrected chi connectivity index (χ2v) is 11.1. The number of allylic oxidation sites excluding steroid dienone is 2. The third-order valence-electron chi connectivity index (χ3n) is 9.08. The van der Waals surface area contributed by atoms with Gasteiger partial charge in [0, 0.05) is 0 Å². The number of hydrogen-bond acceptors (Lipinski definition) is 2. The van der Waals surface area contributed by atoms with Crippen LogP contribution in [0.2, 0.25) is 0 Å². The first kappa shape index (κ1) is 25.5. The summed E-state index contributed by atoms with van der Waals surface area (Å²) in [7, 11) is 0. The molecule has 1 aromatic carbocycles. The maximum absolute atomic E-state index is 14.3. The van der Waals surface area contributed by atoms with Gasteiger partial charge in [-0.2, -0.15) is 8.78 Å². The largest absolute Gasteiger partial charge is 0.491 e. The maximum atomic E-state index is 14.3. The minimum atomic E-state index is -0.951. The van der Waals surface area contributed by atoms with Crippen LogP contribution in [0.4, 0.5) is 8.78 Å². The van der Waals surface area contributed by atoms with Crippen LogP contribution >= 0.6 is 0 Å². The van der Waals surface area contributed by atoms with Crippen LogP contribution in [0, 0.1) is 47.1 Å². The molecule has 0 amide bonds. The van der Waals surface area contributed by atoms with E-state index in [4.69, 9.17) is 9.47 Å². The van der Waals surface area contributed by atoms with Crippen molar-refractivity contribution >= 4 is 0 Å². The molecule has 4 unspecified atom stereocenters. The van der Waals surface area contributed by atoms with Gasteiger partial charge in [-0.1, -0.05) is 25.0 Å². The molecule has 0 saturated heterocycles. The average Bonchev–Trinajstić information content (AvgIpc) is 2.86. The number of hydrogen-bond donors (Lipinski definition) is 0. The molecular formula is C30H44F2O2. The van der Waals surface area contributed by atoms with E-state index < -0.39 is 11.6 Å². The number of fused-ring (bicyclic) bond motifs is 1. The average molecular weight is 475 g/mol. The fraction of sp³-hybridized carbons (Fsp3) is 0.733. The van der Waals surface area contributed by atoms with Crippen molar-refractivity contribution in [3.63, 3.8) is 0 Å². The molecular weight excluding hydrogens is 430 g/mol. The third-order valence-corrected chi connectivity index (χ3v) is 9.08. The molecule has 0 spiro atoms. The summed E-state index contributed by atoms with van der Waals surface area (Å²) >= 11 is 0. The quantitative estimate of drug-likeness (QED) is 0.333. The molecule has 2 nitrogen and oxygen atoms in total. The van der Waals surface area contributed by atoms with E-state index in [2.05, 4.69) is 19.1 Å². The maximum Gasteiger partial charge on any atom is 0.204 e. The van der Waals surface area contributed by atoms with Crippen LogP contribution in [0.25, 0.3) is 0 Å². The van der Waals surface area contributed by atoms with Gasteiger partial charge < -0.3 is 9.47 Å². The van der Waals surface area contributed by atoms with Crippen LogP contribution in [0.5, 0.6) is 11.5 Å². The summed E-state index contributed by atoms with van der Waals surface area (Å²) in [6, 6.07) is 2.96. The zero-order valence-electron chi connectivity index (χ0n) is 21.2. The molecule has 0 radical (unpaired) electrons. The first-order valence-corrected chi connectivity index (χ1v) is 13.9. The van der Waals surface area contributed by atoms with Crippen molar-refractivity contribution in [3.8, 4) is 11.5 Å². The zero-order chi connectivity index (χ0) is 23.9. The smallest absolute Gasteiger partial charge is 0.204 e. The van der Waals surface area contributed by atoms with Crippen LogP contribution in [0.1, 0.15) is 90.9 Å². The van der Waals surface area contributed by atoms with Gasteiger partial charge in [0.15, 0.2) is 11.5 Å². The summed E-state index contributed by atoms with van der Waals surface area (Å²) in [4.78, 5) is 0. The first-order valence-electron chi connectivity index (χ1n) is 13.9. The van der Waals surface area contributed by atoms with Gasteiger partial charge in [-0.05, 0) is 126 Å². The van der Waals surface area contributed by atoms with Crippen molar-refractivity contribution in [1.82, 2.24) is 0 Å². The summed E-state index contributed by atoms with van der Waals surface area (Å²) in [6.45, 7) is 4.66. The van der Waals surface area contributed by atoms with Crippen LogP contribution in [0.15, 0.2) is 24.3 Å². The Kier molecular flexibility index (Phi) is 9.31. The van der Waals surface area contributed by atoms with Gasteiger partial charge in [-0.15, -0.1) is 0 Å². The van der Waals surface area contributed by atoms with Crippen LogP contribution in [-0.2, 0) is 0 Å². The fourth-order valence-electron chi connectivity index (χ4n) is 7.15. The summed E-state index contributed by atoms with van der Waals surface area (Å²) in [6.07, 6.45) is 20.7. The molecule has 0 bridgehead atoms. The molecule has 3 aliphatic rings. The first-order chi connectivity index (χ1) is 16.6. The van der Waals surface area contributed by atoms with Crippen molar-refractivity contribution in [2.24, 2.45) is 35.5 Å². The van der Waals surface area contributed by atoms with E-state index in [1.807, 2.05) is 0 Å². The second-order valence-electron chi connectivity index (χ2n) is 11.1. The van der Waals surface area contributed by atoms with Gasteiger partial charge in [0.1, 0.15) is 0 Å². The standard InChI is InChI=1S/C30H44F2O2/c1-3-5-6-7-21-8-11-23(12-9-21)25-15-14-24-18-22(10-13-26(24)19-25)20-34-28-17-16-27(33-4-2)29(31)30(28)32/h3,5,16-17,21-26H,4,6-15,18-20H2,1-2H3. The molecule has 3 fully saturated rings. The molecule has 3 saturated carbocycles. The molecule has 0 heterocycles. The predicted octanol–water partition coefficient (Wildman–Crippen LogP) is 8.74. The molecule has 190 valence electrons. The summed E-state index contributed by atoms with van der Waals surface area (Å²) in [5, 5.41) is 0. The summed E-state index contributed by atoms with van der Waals surface area (Å²) in [5.41, 5.74) is 0. The number of rotatable bonds is 9. The zero-order valence-corrected chi connectivity index (χ0v) is 21.2. The van der Waals surface area contributed by atoms with Crippen molar-refractivity contribution in [2.45, 2.75) is 90.9 Å². The monoisotopic (exact) mass is 474 g/mol. The Morgan fingerprint density at radius 3 is 2.00 bits per heavy atom. The topological polar surface area (TPSA) is 18.5 Å². The number of ether oxygens (including phenoxy) is 2. The Balaban J connectivity index is 1.21. The van der Waals surface area contributed by atoms with Crippen molar-refractivity contribution in [1.29, 1.82) is 0 Å². The van der Waals surface area contributed by atoms with Gasteiger partial charge in [0.25, 0.3) is 0 Å². The van der Waals surface area contributed by atoms with E-state index in [1.165, 1.54) is 82.8 Å². The van der Waals surface area contributed by atoms with Crippen LogP contribution in [-0.4, -0.2) is 13.2 Å². The molecule has 4 rings (SSSR count). The second kappa shape index (κ2) is 12.4. The molecule has 34 heavy (non-hydrogen) atoms. The van der Waals surface area contributed by atoms with Gasteiger partial charge in [-0.25, -0.2) is 0 Å². The van der Waals surface area contributed by atoms with Gasteiger partial charge in [-0.3, -0.25) is 0 Å². The van der Waals surface area contributed by atoms with E-state index in [9.17, 15) is 8.78 Å². The van der Waals surface area contributed by atoms with E-state index in [1.54, 1.807) is 6.92 Å². The third kappa shape index (κ3) is 6.34. The Labute approximate surface area is 205 Å².